The minimum absolute atomic E-state index is 0.202. The largest absolute Gasteiger partial charge is 0.338 e. The van der Waals surface area contributed by atoms with Crippen molar-refractivity contribution in [3.8, 4) is 17.2 Å². The van der Waals surface area contributed by atoms with Crippen molar-refractivity contribution in [3.63, 3.8) is 0 Å². The van der Waals surface area contributed by atoms with E-state index in [1.54, 1.807) is 16.4 Å². The molecule has 214 valence electrons. The SMILES string of the molecule is CN1CCN(S(=O)(=O)c2ccc(-c3ccc(CC(C#N)NC(=O)C4(N)CCC5CCCCC5C4)cc3)cc2)CC1. The van der Waals surface area contributed by atoms with Gasteiger partial charge in [-0.1, -0.05) is 62.1 Å². The van der Waals surface area contributed by atoms with Crippen LogP contribution in [0.1, 0.15) is 50.5 Å². The summed E-state index contributed by atoms with van der Waals surface area (Å²) in [6.07, 6.45) is 7.69. The van der Waals surface area contributed by atoms with Gasteiger partial charge >= 0.3 is 0 Å². The van der Waals surface area contributed by atoms with Gasteiger partial charge in [-0.05, 0) is 67.0 Å². The minimum atomic E-state index is -3.50. The second-order valence-electron chi connectivity index (χ2n) is 12.0. The van der Waals surface area contributed by atoms with Crippen LogP contribution in [0, 0.1) is 23.2 Å². The number of nitriles is 1. The Bertz CT molecular complexity index is 1330. The Morgan fingerprint density at radius 1 is 1.00 bits per heavy atom. The monoisotopic (exact) mass is 563 g/mol. The zero-order chi connectivity index (χ0) is 28.3. The number of nitrogens with one attached hydrogen (secondary N) is 1. The van der Waals surface area contributed by atoms with Gasteiger partial charge in [-0.15, -0.1) is 0 Å². The predicted octanol–water partition coefficient (Wildman–Crippen LogP) is 3.53. The van der Waals surface area contributed by atoms with Crippen LogP contribution in [0.2, 0.25) is 0 Å². The average Bonchev–Trinajstić information content (AvgIpc) is 2.97. The third kappa shape index (κ3) is 6.26. The van der Waals surface area contributed by atoms with E-state index in [0.717, 1.165) is 42.6 Å². The molecule has 1 amide bonds. The number of hydrogen-bond donors (Lipinski definition) is 2. The molecular weight excluding hydrogens is 522 g/mol. The standard InChI is InChI=1S/C31H41N5O3S/c1-35-16-18-36(19-17-35)40(38,39)29-12-10-26(11-13-29)25-8-6-23(7-9-25)20-28(22-32)34-30(37)31(33)15-14-24-4-2-3-5-27(24)21-31/h6-13,24,27-28H,2-5,14-21,33H2,1H3,(H,34,37). The highest BCUT2D eigenvalue weighted by Gasteiger charge is 2.44. The van der Waals surface area contributed by atoms with Crippen molar-refractivity contribution < 1.29 is 13.2 Å². The van der Waals surface area contributed by atoms with Gasteiger partial charge in [0.1, 0.15) is 6.04 Å². The van der Waals surface area contributed by atoms with Crippen LogP contribution in [0.3, 0.4) is 0 Å². The highest BCUT2D eigenvalue weighted by molar-refractivity contribution is 7.89. The quantitative estimate of drug-likeness (QED) is 0.532. The maximum atomic E-state index is 13.2. The van der Waals surface area contributed by atoms with Crippen molar-refractivity contribution >= 4 is 15.9 Å². The molecule has 9 heteroatoms. The molecule has 0 spiro atoms. The van der Waals surface area contributed by atoms with Gasteiger partial charge in [-0.3, -0.25) is 4.79 Å². The molecule has 0 bridgehead atoms. The van der Waals surface area contributed by atoms with E-state index in [4.69, 9.17) is 5.73 Å². The third-order valence-corrected chi connectivity index (χ3v) is 11.2. The Hall–Kier alpha value is -2.77. The highest BCUT2D eigenvalue weighted by atomic mass is 32.2. The van der Waals surface area contributed by atoms with Gasteiger partial charge in [0.15, 0.2) is 0 Å². The van der Waals surface area contributed by atoms with Gasteiger partial charge < -0.3 is 16.0 Å². The first kappa shape index (κ1) is 28.7. The molecule has 1 saturated heterocycles. The van der Waals surface area contributed by atoms with E-state index in [9.17, 15) is 18.5 Å². The summed E-state index contributed by atoms with van der Waals surface area (Å²) in [6, 6.07) is 16.4. The lowest BCUT2D eigenvalue weighted by Gasteiger charge is -2.44. The van der Waals surface area contributed by atoms with Gasteiger partial charge in [-0.25, -0.2) is 8.42 Å². The summed E-state index contributed by atoms with van der Waals surface area (Å²) in [7, 11) is -1.51. The lowest BCUT2D eigenvalue weighted by atomic mass is 9.64. The van der Waals surface area contributed by atoms with E-state index in [1.807, 2.05) is 43.4 Å². The first-order valence-corrected chi connectivity index (χ1v) is 16.0. The highest BCUT2D eigenvalue weighted by Crippen LogP contribution is 2.43. The molecule has 1 aliphatic heterocycles. The van der Waals surface area contributed by atoms with Gasteiger partial charge in [0.25, 0.3) is 0 Å². The number of carbonyl (C=O) groups excluding carboxylic acids is 1. The molecule has 3 fully saturated rings. The number of fused-ring (bicyclic) bond motifs is 1. The number of sulfonamides is 1. The summed E-state index contributed by atoms with van der Waals surface area (Å²) >= 11 is 0. The molecule has 2 saturated carbocycles. The zero-order valence-corrected chi connectivity index (χ0v) is 24.2. The van der Waals surface area contributed by atoms with Gasteiger partial charge in [0, 0.05) is 32.6 Å². The van der Waals surface area contributed by atoms with Gasteiger partial charge in [0.05, 0.1) is 16.5 Å². The molecule has 0 aromatic heterocycles. The van der Waals surface area contributed by atoms with Crippen molar-refractivity contribution in [2.24, 2.45) is 17.6 Å². The number of nitrogens with two attached hydrogens (primary N) is 1. The number of rotatable bonds is 7. The number of nitrogens with zero attached hydrogens (tertiary/aromatic N) is 3. The predicted molar refractivity (Wildman–Crippen MR) is 156 cm³/mol. The topological polar surface area (TPSA) is 120 Å². The van der Waals surface area contributed by atoms with Crippen molar-refractivity contribution in [1.82, 2.24) is 14.5 Å². The molecule has 4 atom stereocenters. The van der Waals surface area contributed by atoms with Crippen LogP contribution in [-0.2, 0) is 21.2 Å². The summed E-state index contributed by atoms with van der Waals surface area (Å²) < 4.78 is 27.6. The Kier molecular flexibility index (Phi) is 8.62. The molecule has 3 N–H and O–H groups in total. The van der Waals surface area contributed by atoms with Crippen molar-refractivity contribution in [2.45, 2.75) is 67.8 Å². The third-order valence-electron chi connectivity index (χ3n) is 9.25. The fourth-order valence-electron chi connectivity index (χ4n) is 6.65. The molecule has 3 aliphatic rings. The summed E-state index contributed by atoms with van der Waals surface area (Å²) in [5.74, 6) is 1.01. The smallest absolute Gasteiger partial charge is 0.243 e. The van der Waals surface area contributed by atoms with Gasteiger partial charge in [-0.2, -0.15) is 9.57 Å². The number of hydrogen-bond acceptors (Lipinski definition) is 6. The maximum Gasteiger partial charge on any atom is 0.243 e. The zero-order valence-electron chi connectivity index (χ0n) is 23.4. The molecule has 8 nitrogen and oxygen atoms in total. The van der Waals surface area contributed by atoms with Crippen LogP contribution >= 0.6 is 0 Å². The minimum Gasteiger partial charge on any atom is -0.338 e. The fraction of sp³-hybridized carbons (Fsp3) is 0.548. The van der Waals surface area contributed by atoms with Crippen LogP contribution in [0.15, 0.2) is 53.4 Å². The lowest BCUT2D eigenvalue weighted by Crippen LogP contribution is -2.59. The average molecular weight is 564 g/mol. The second-order valence-corrected chi connectivity index (χ2v) is 13.9. The van der Waals surface area contributed by atoms with Crippen LogP contribution in [0.4, 0.5) is 0 Å². The Morgan fingerprint density at radius 3 is 2.23 bits per heavy atom. The van der Waals surface area contributed by atoms with E-state index in [0.29, 0.717) is 49.1 Å². The Balaban J connectivity index is 1.19. The molecule has 2 aromatic rings. The molecule has 4 unspecified atom stereocenters. The van der Waals surface area contributed by atoms with E-state index in [-0.39, 0.29) is 5.91 Å². The maximum absolute atomic E-state index is 13.2. The molecular formula is C31H41N5O3S. The molecule has 5 rings (SSSR count). The van der Waals surface area contributed by atoms with E-state index >= 15 is 0 Å². The Morgan fingerprint density at radius 2 is 1.60 bits per heavy atom. The molecule has 40 heavy (non-hydrogen) atoms. The Labute approximate surface area is 238 Å². The summed E-state index contributed by atoms with van der Waals surface area (Å²) in [5.41, 5.74) is 8.53. The van der Waals surface area contributed by atoms with Crippen LogP contribution in [0.25, 0.3) is 11.1 Å². The van der Waals surface area contributed by atoms with Crippen LogP contribution in [-0.4, -0.2) is 68.3 Å². The van der Waals surface area contributed by atoms with E-state index in [2.05, 4.69) is 16.3 Å². The molecule has 1 heterocycles. The number of likely N-dealkylation sites (N-methyl/N-ethyl adjacent to an activating group) is 1. The van der Waals surface area contributed by atoms with Crippen molar-refractivity contribution in [3.05, 3.63) is 54.1 Å². The van der Waals surface area contributed by atoms with Gasteiger partial charge in [0.2, 0.25) is 15.9 Å². The van der Waals surface area contributed by atoms with Crippen molar-refractivity contribution in [2.75, 3.05) is 33.2 Å². The molecule has 2 aromatic carbocycles. The number of amides is 1. The summed E-state index contributed by atoms with van der Waals surface area (Å²) in [5, 5.41) is 12.7. The van der Waals surface area contributed by atoms with E-state index < -0.39 is 21.6 Å². The lowest BCUT2D eigenvalue weighted by molar-refractivity contribution is -0.129. The molecule has 2 aliphatic carbocycles. The summed E-state index contributed by atoms with van der Waals surface area (Å²) in [4.78, 5) is 15.6. The fourth-order valence-corrected chi connectivity index (χ4v) is 8.07. The van der Waals surface area contributed by atoms with Crippen LogP contribution in [0.5, 0.6) is 0 Å². The second kappa shape index (κ2) is 12.0. The normalized spacial score (nSPS) is 26.8. The van der Waals surface area contributed by atoms with Crippen molar-refractivity contribution in [1.29, 1.82) is 5.26 Å². The first-order chi connectivity index (χ1) is 19.2. The number of carbonyl (C=O) groups is 1. The first-order valence-electron chi connectivity index (χ1n) is 14.6. The number of benzene rings is 2. The number of piperazine rings is 1. The van der Waals surface area contributed by atoms with E-state index in [1.165, 1.54) is 19.3 Å². The van der Waals surface area contributed by atoms with Crippen LogP contribution < -0.4 is 11.1 Å². The molecule has 0 radical (unpaired) electrons. The summed E-state index contributed by atoms with van der Waals surface area (Å²) in [6.45, 7) is 2.46.